The van der Waals surface area contributed by atoms with Crippen LogP contribution in [0.3, 0.4) is 0 Å². The standard InChI is InChI=1S/C21H33N3O2/c1-20(2,3)24-14-12-16(13-15-24)10-11-17-8-7-9-18(22-17)23-19(25)26-21(4,5)6/h7-11,16H,12-15H2,1-6H3,(H,22,23,25). The van der Waals surface area contributed by atoms with Crippen molar-refractivity contribution < 1.29 is 9.53 Å². The monoisotopic (exact) mass is 359 g/mol. The Hall–Kier alpha value is -1.88. The first-order valence-electron chi connectivity index (χ1n) is 9.43. The van der Waals surface area contributed by atoms with Crippen molar-refractivity contribution in [2.24, 2.45) is 5.92 Å². The molecule has 0 bridgehead atoms. The molecule has 1 aliphatic rings. The number of carbonyl (C=O) groups is 1. The number of piperidine rings is 1. The number of likely N-dealkylation sites (tertiary alicyclic amines) is 1. The Bertz CT molecular complexity index is 633. The Morgan fingerprint density at radius 2 is 1.85 bits per heavy atom. The summed E-state index contributed by atoms with van der Waals surface area (Å²) in [5.41, 5.74) is 0.568. The van der Waals surface area contributed by atoms with Gasteiger partial charge in [0, 0.05) is 5.54 Å². The van der Waals surface area contributed by atoms with E-state index in [0.29, 0.717) is 11.7 Å². The second-order valence-corrected chi connectivity index (χ2v) is 8.93. The maximum atomic E-state index is 11.9. The van der Waals surface area contributed by atoms with Crippen molar-refractivity contribution in [3.05, 3.63) is 30.0 Å². The van der Waals surface area contributed by atoms with Crippen LogP contribution in [-0.2, 0) is 4.74 Å². The Morgan fingerprint density at radius 1 is 1.19 bits per heavy atom. The van der Waals surface area contributed by atoms with Gasteiger partial charge in [-0.15, -0.1) is 0 Å². The number of hydrogen-bond acceptors (Lipinski definition) is 4. The number of hydrogen-bond donors (Lipinski definition) is 1. The average molecular weight is 360 g/mol. The highest BCUT2D eigenvalue weighted by Crippen LogP contribution is 2.25. The topological polar surface area (TPSA) is 54.5 Å². The molecule has 1 N–H and O–H groups in total. The van der Waals surface area contributed by atoms with Crippen LogP contribution in [0.4, 0.5) is 10.6 Å². The zero-order valence-electron chi connectivity index (χ0n) is 17.0. The predicted octanol–water partition coefficient (Wildman–Crippen LogP) is 4.95. The normalized spacial score (nSPS) is 17.5. The molecule has 0 unspecified atom stereocenters. The largest absolute Gasteiger partial charge is 0.444 e. The van der Waals surface area contributed by atoms with Crippen LogP contribution in [0.15, 0.2) is 24.3 Å². The molecule has 0 atom stereocenters. The van der Waals surface area contributed by atoms with Crippen LogP contribution in [0.5, 0.6) is 0 Å². The molecule has 0 aliphatic carbocycles. The molecule has 5 nitrogen and oxygen atoms in total. The summed E-state index contributed by atoms with van der Waals surface area (Å²) in [6, 6.07) is 5.60. The highest BCUT2D eigenvalue weighted by atomic mass is 16.6. The molecule has 26 heavy (non-hydrogen) atoms. The molecule has 1 fully saturated rings. The van der Waals surface area contributed by atoms with Crippen molar-refractivity contribution in [3.63, 3.8) is 0 Å². The van der Waals surface area contributed by atoms with E-state index in [4.69, 9.17) is 4.74 Å². The Labute approximate surface area is 157 Å². The van der Waals surface area contributed by atoms with E-state index in [1.807, 2.05) is 32.9 Å². The summed E-state index contributed by atoms with van der Waals surface area (Å²) < 4.78 is 5.26. The van der Waals surface area contributed by atoms with Gasteiger partial charge in [0.25, 0.3) is 0 Å². The molecule has 5 heteroatoms. The number of carbonyl (C=O) groups excluding carboxylic acids is 1. The molecule has 0 saturated carbocycles. The lowest BCUT2D eigenvalue weighted by Gasteiger charge is -2.40. The molecule has 1 aromatic heterocycles. The first kappa shape index (κ1) is 20.4. The zero-order chi connectivity index (χ0) is 19.4. The number of ether oxygens (including phenoxy) is 1. The predicted molar refractivity (Wildman–Crippen MR) is 107 cm³/mol. The maximum absolute atomic E-state index is 11.9. The first-order valence-corrected chi connectivity index (χ1v) is 9.43. The molecule has 1 aromatic rings. The molecule has 0 radical (unpaired) electrons. The van der Waals surface area contributed by atoms with Gasteiger partial charge in [0.15, 0.2) is 0 Å². The van der Waals surface area contributed by atoms with Gasteiger partial charge >= 0.3 is 6.09 Å². The van der Waals surface area contributed by atoms with E-state index in [-0.39, 0.29) is 5.54 Å². The number of allylic oxidation sites excluding steroid dienone is 1. The van der Waals surface area contributed by atoms with Gasteiger partial charge in [0.05, 0.1) is 5.69 Å². The number of aromatic nitrogens is 1. The minimum atomic E-state index is -0.524. The molecule has 1 saturated heterocycles. The van der Waals surface area contributed by atoms with Crippen molar-refractivity contribution >= 4 is 18.0 Å². The number of nitrogens with zero attached hydrogens (tertiary/aromatic N) is 2. The van der Waals surface area contributed by atoms with Crippen LogP contribution in [0.25, 0.3) is 6.08 Å². The minimum absolute atomic E-state index is 0.248. The highest BCUT2D eigenvalue weighted by Gasteiger charge is 2.25. The fraction of sp³-hybridized carbons (Fsp3) is 0.619. The zero-order valence-corrected chi connectivity index (χ0v) is 17.0. The summed E-state index contributed by atoms with van der Waals surface area (Å²) >= 11 is 0. The maximum Gasteiger partial charge on any atom is 0.413 e. The molecule has 2 heterocycles. The van der Waals surface area contributed by atoms with Gasteiger partial charge in [0.2, 0.25) is 0 Å². The summed E-state index contributed by atoms with van der Waals surface area (Å²) in [5, 5.41) is 2.69. The second-order valence-electron chi connectivity index (χ2n) is 8.93. The van der Waals surface area contributed by atoms with Crippen LogP contribution in [-0.4, -0.2) is 40.2 Å². The Morgan fingerprint density at radius 3 is 2.42 bits per heavy atom. The summed E-state index contributed by atoms with van der Waals surface area (Å²) in [7, 11) is 0. The quantitative estimate of drug-likeness (QED) is 0.829. The van der Waals surface area contributed by atoms with E-state index in [1.54, 1.807) is 6.07 Å². The van der Waals surface area contributed by atoms with Crippen molar-refractivity contribution in [1.29, 1.82) is 0 Å². The van der Waals surface area contributed by atoms with Crippen LogP contribution < -0.4 is 5.32 Å². The Kier molecular flexibility index (Phi) is 6.45. The summed E-state index contributed by atoms with van der Waals surface area (Å²) in [6.45, 7) is 14.6. The summed E-state index contributed by atoms with van der Waals surface area (Å²) in [5.74, 6) is 1.09. The van der Waals surface area contributed by atoms with Crippen LogP contribution in [0.2, 0.25) is 0 Å². The van der Waals surface area contributed by atoms with Crippen LogP contribution in [0, 0.1) is 5.92 Å². The molecule has 144 valence electrons. The van der Waals surface area contributed by atoms with Gasteiger partial charge < -0.3 is 4.74 Å². The first-order chi connectivity index (χ1) is 12.0. The fourth-order valence-corrected chi connectivity index (χ4v) is 3.02. The fourth-order valence-electron chi connectivity index (χ4n) is 3.02. The molecule has 1 amide bonds. The number of nitrogens with one attached hydrogen (secondary N) is 1. The van der Waals surface area contributed by atoms with E-state index in [2.05, 4.69) is 48.1 Å². The van der Waals surface area contributed by atoms with Gasteiger partial charge in [-0.25, -0.2) is 9.78 Å². The molecular formula is C21H33N3O2. The third-order valence-electron chi connectivity index (χ3n) is 4.43. The third kappa shape index (κ3) is 6.79. The van der Waals surface area contributed by atoms with E-state index in [1.165, 1.54) is 12.8 Å². The summed E-state index contributed by atoms with van der Waals surface area (Å²) in [4.78, 5) is 18.9. The summed E-state index contributed by atoms with van der Waals surface area (Å²) in [6.07, 6.45) is 6.16. The van der Waals surface area contributed by atoms with Gasteiger partial charge in [-0.1, -0.05) is 12.1 Å². The SMILES string of the molecule is CC(C)(C)OC(=O)Nc1cccc(C=CC2CCN(C(C)(C)C)CC2)n1. The number of pyridine rings is 1. The molecular weight excluding hydrogens is 326 g/mol. The van der Waals surface area contributed by atoms with Crippen LogP contribution >= 0.6 is 0 Å². The lowest BCUT2D eigenvalue weighted by Crippen LogP contribution is -2.45. The second kappa shape index (κ2) is 8.21. The smallest absolute Gasteiger partial charge is 0.413 e. The van der Waals surface area contributed by atoms with E-state index < -0.39 is 11.7 Å². The number of rotatable bonds is 3. The van der Waals surface area contributed by atoms with E-state index >= 15 is 0 Å². The number of anilines is 1. The van der Waals surface area contributed by atoms with E-state index in [0.717, 1.165) is 18.8 Å². The average Bonchev–Trinajstić information content (AvgIpc) is 2.51. The van der Waals surface area contributed by atoms with Crippen molar-refractivity contribution in [2.45, 2.75) is 65.5 Å². The third-order valence-corrected chi connectivity index (χ3v) is 4.43. The lowest BCUT2D eigenvalue weighted by molar-refractivity contribution is 0.0635. The molecule has 0 aromatic carbocycles. The van der Waals surface area contributed by atoms with Gasteiger partial charge in [-0.3, -0.25) is 10.2 Å². The van der Waals surface area contributed by atoms with E-state index in [9.17, 15) is 4.79 Å². The van der Waals surface area contributed by atoms with Crippen molar-refractivity contribution in [3.8, 4) is 0 Å². The molecule has 2 rings (SSSR count). The highest BCUT2D eigenvalue weighted by molar-refractivity contribution is 5.83. The molecule has 1 aliphatic heterocycles. The number of amides is 1. The lowest BCUT2D eigenvalue weighted by atomic mass is 9.92. The van der Waals surface area contributed by atoms with Gasteiger partial charge in [-0.2, -0.15) is 0 Å². The van der Waals surface area contributed by atoms with Crippen molar-refractivity contribution in [1.82, 2.24) is 9.88 Å². The molecule has 0 spiro atoms. The van der Waals surface area contributed by atoms with Gasteiger partial charge in [0.1, 0.15) is 11.4 Å². The Balaban J connectivity index is 1.90. The van der Waals surface area contributed by atoms with Gasteiger partial charge in [-0.05, 0) is 91.6 Å². The van der Waals surface area contributed by atoms with Crippen LogP contribution in [0.1, 0.15) is 60.1 Å². The van der Waals surface area contributed by atoms with Crippen molar-refractivity contribution in [2.75, 3.05) is 18.4 Å². The minimum Gasteiger partial charge on any atom is -0.444 e.